The van der Waals surface area contributed by atoms with Gasteiger partial charge in [0.2, 0.25) is 5.91 Å². The Morgan fingerprint density at radius 3 is 2.47 bits per heavy atom. The van der Waals surface area contributed by atoms with Crippen LogP contribution in [-0.2, 0) is 4.79 Å². The van der Waals surface area contributed by atoms with Crippen LogP contribution < -0.4 is 5.73 Å². The minimum atomic E-state index is -0.285. The van der Waals surface area contributed by atoms with Gasteiger partial charge >= 0.3 is 0 Å². The van der Waals surface area contributed by atoms with Crippen LogP contribution in [0.3, 0.4) is 0 Å². The first kappa shape index (κ1) is 12.5. The normalized spacial score (nSPS) is 20.3. The van der Waals surface area contributed by atoms with Crippen LogP contribution in [0.4, 0.5) is 0 Å². The van der Waals surface area contributed by atoms with E-state index in [1.807, 2.05) is 11.8 Å². The number of amides is 1. The summed E-state index contributed by atoms with van der Waals surface area (Å²) in [6.07, 6.45) is 5.63. The number of carbonyl (C=O) groups excluding carboxylic acids is 1. The molecule has 3 heteroatoms. The molecule has 0 unspecified atom stereocenters. The van der Waals surface area contributed by atoms with Gasteiger partial charge in [-0.15, -0.1) is 0 Å². The van der Waals surface area contributed by atoms with Crippen molar-refractivity contribution in [2.24, 2.45) is 11.7 Å². The Hall–Kier alpha value is -0.570. The van der Waals surface area contributed by atoms with Gasteiger partial charge in [0.1, 0.15) is 0 Å². The van der Waals surface area contributed by atoms with Crippen molar-refractivity contribution < 1.29 is 4.79 Å². The predicted molar refractivity (Wildman–Crippen MR) is 62.5 cm³/mol. The van der Waals surface area contributed by atoms with Crippen LogP contribution in [0.15, 0.2) is 0 Å². The maximum atomic E-state index is 11.8. The molecule has 3 nitrogen and oxygen atoms in total. The fourth-order valence-corrected chi connectivity index (χ4v) is 2.26. The first-order valence-electron chi connectivity index (χ1n) is 6.23. The first-order chi connectivity index (χ1) is 7.19. The van der Waals surface area contributed by atoms with Gasteiger partial charge in [-0.05, 0) is 25.2 Å². The molecule has 0 spiro atoms. The summed E-state index contributed by atoms with van der Waals surface area (Å²) >= 11 is 0. The maximum absolute atomic E-state index is 11.8. The molecule has 0 aromatic rings. The van der Waals surface area contributed by atoms with E-state index >= 15 is 0 Å². The lowest BCUT2D eigenvalue weighted by Gasteiger charge is -2.33. The molecule has 1 saturated heterocycles. The number of hydrogen-bond donors (Lipinski definition) is 1. The van der Waals surface area contributed by atoms with Crippen LogP contribution in [0.1, 0.15) is 46.0 Å². The zero-order valence-corrected chi connectivity index (χ0v) is 10.0. The Morgan fingerprint density at radius 1 is 1.40 bits per heavy atom. The number of hydrogen-bond acceptors (Lipinski definition) is 2. The Labute approximate surface area is 93.0 Å². The third-order valence-electron chi connectivity index (χ3n) is 3.38. The Balaban J connectivity index is 2.33. The zero-order chi connectivity index (χ0) is 11.3. The average molecular weight is 212 g/mol. The van der Waals surface area contributed by atoms with E-state index in [1.54, 1.807) is 0 Å². The molecule has 0 saturated carbocycles. The largest absolute Gasteiger partial charge is 0.341 e. The lowest BCUT2D eigenvalue weighted by molar-refractivity contribution is -0.134. The summed E-state index contributed by atoms with van der Waals surface area (Å²) in [5, 5.41) is 0. The molecule has 1 fully saturated rings. The van der Waals surface area contributed by atoms with E-state index in [4.69, 9.17) is 5.73 Å². The molecule has 0 aromatic heterocycles. The lowest BCUT2D eigenvalue weighted by atomic mass is 9.92. The number of carbonyl (C=O) groups is 1. The highest BCUT2D eigenvalue weighted by Gasteiger charge is 2.24. The molecular formula is C12H24N2O. The molecule has 1 aliphatic heterocycles. The molecule has 0 bridgehead atoms. The van der Waals surface area contributed by atoms with E-state index in [0.717, 1.165) is 38.3 Å². The molecule has 0 radical (unpaired) electrons. The monoisotopic (exact) mass is 212 g/mol. The standard InChI is InChI=1S/C12H24N2O/c1-3-5-10-6-8-14(9-7-10)12(15)11(13)4-2/h10-11H,3-9,13H2,1-2H3/t11-/m0/s1. The maximum Gasteiger partial charge on any atom is 0.239 e. The van der Waals surface area contributed by atoms with Crippen molar-refractivity contribution >= 4 is 5.91 Å². The molecule has 88 valence electrons. The van der Waals surface area contributed by atoms with Gasteiger partial charge in [0.15, 0.2) is 0 Å². The van der Waals surface area contributed by atoms with E-state index in [1.165, 1.54) is 12.8 Å². The van der Waals surface area contributed by atoms with Crippen LogP contribution in [0.2, 0.25) is 0 Å². The summed E-state index contributed by atoms with van der Waals surface area (Å²) in [4.78, 5) is 13.7. The highest BCUT2D eigenvalue weighted by Crippen LogP contribution is 2.21. The molecule has 0 aromatic carbocycles. The molecule has 15 heavy (non-hydrogen) atoms. The summed E-state index contributed by atoms with van der Waals surface area (Å²) in [6.45, 7) is 6.02. The van der Waals surface area contributed by atoms with Gasteiger partial charge in [-0.2, -0.15) is 0 Å². The number of likely N-dealkylation sites (tertiary alicyclic amines) is 1. The van der Waals surface area contributed by atoms with Gasteiger partial charge in [-0.3, -0.25) is 4.79 Å². The third-order valence-corrected chi connectivity index (χ3v) is 3.38. The van der Waals surface area contributed by atoms with E-state index in [9.17, 15) is 4.79 Å². The van der Waals surface area contributed by atoms with Crippen molar-refractivity contribution in [3.05, 3.63) is 0 Å². The van der Waals surface area contributed by atoms with Crippen molar-refractivity contribution in [2.75, 3.05) is 13.1 Å². The minimum absolute atomic E-state index is 0.146. The Morgan fingerprint density at radius 2 is 2.00 bits per heavy atom. The van der Waals surface area contributed by atoms with Crippen LogP contribution >= 0.6 is 0 Å². The van der Waals surface area contributed by atoms with Crippen molar-refractivity contribution in [1.82, 2.24) is 4.90 Å². The summed E-state index contributed by atoms with van der Waals surface area (Å²) in [5.74, 6) is 0.976. The molecule has 1 amide bonds. The van der Waals surface area contributed by atoms with Crippen LogP contribution in [0.25, 0.3) is 0 Å². The molecule has 0 aliphatic carbocycles. The van der Waals surface area contributed by atoms with Crippen molar-refractivity contribution in [3.63, 3.8) is 0 Å². The topological polar surface area (TPSA) is 46.3 Å². The van der Waals surface area contributed by atoms with Crippen LogP contribution in [0.5, 0.6) is 0 Å². The van der Waals surface area contributed by atoms with Gasteiger partial charge in [0.25, 0.3) is 0 Å². The number of nitrogens with two attached hydrogens (primary N) is 1. The highest BCUT2D eigenvalue weighted by atomic mass is 16.2. The van der Waals surface area contributed by atoms with Crippen molar-refractivity contribution in [2.45, 2.75) is 52.0 Å². The summed E-state index contributed by atoms with van der Waals surface area (Å²) in [6, 6.07) is -0.285. The van der Waals surface area contributed by atoms with Crippen molar-refractivity contribution in [1.29, 1.82) is 0 Å². The smallest absolute Gasteiger partial charge is 0.239 e. The summed E-state index contributed by atoms with van der Waals surface area (Å²) in [5.41, 5.74) is 5.75. The number of rotatable bonds is 4. The van der Waals surface area contributed by atoms with Crippen LogP contribution in [0, 0.1) is 5.92 Å². The molecule has 1 heterocycles. The Bertz CT molecular complexity index is 198. The molecule has 1 atom stereocenters. The Kier molecular flexibility index (Phi) is 5.09. The average Bonchev–Trinajstić information content (AvgIpc) is 2.28. The number of piperidine rings is 1. The fraction of sp³-hybridized carbons (Fsp3) is 0.917. The highest BCUT2D eigenvalue weighted by molar-refractivity contribution is 5.81. The first-order valence-corrected chi connectivity index (χ1v) is 6.23. The lowest BCUT2D eigenvalue weighted by Crippen LogP contribution is -2.46. The van der Waals surface area contributed by atoms with Gasteiger partial charge in [-0.1, -0.05) is 26.7 Å². The SMILES string of the molecule is CCCC1CCN(C(=O)[C@@H](N)CC)CC1. The molecule has 1 aliphatic rings. The predicted octanol–water partition coefficient (Wildman–Crippen LogP) is 1.76. The summed E-state index contributed by atoms with van der Waals surface area (Å²) < 4.78 is 0. The van der Waals surface area contributed by atoms with E-state index < -0.39 is 0 Å². The zero-order valence-electron chi connectivity index (χ0n) is 10.0. The summed E-state index contributed by atoms with van der Waals surface area (Å²) in [7, 11) is 0. The van der Waals surface area contributed by atoms with Crippen LogP contribution in [-0.4, -0.2) is 29.9 Å². The van der Waals surface area contributed by atoms with Gasteiger partial charge in [0, 0.05) is 13.1 Å². The van der Waals surface area contributed by atoms with Crippen molar-refractivity contribution in [3.8, 4) is 0 Å². The fourth-order valence-electron chi connectivity index (χ4n) is 2.26. The van der Waals surface area contributed by atoms with E-state index in [2.05, 4.69) is 6.92 Å². The third kappa shape index (κ3) is 3.49. The van der Waals surface area contributed by atoms with Gasteiger partial charge in [0.05, 0.1) is 6.04 Å². The second kappa shape index (κ2) is 6.11. The molecule has 1 rings (SSSR count). The second-order valence-corrected chi connectivity index (χ2v) is 4.57. The van der Waals surface area contributed by atoms with E-state index in [0.29, 0.717) is 0 Å². The minimum Gasteiger partial charge on any atom is -0.341 e. The molecular weight excluding hydrogens is 188 g/mol. The number of nitrogens with zero attached hydrogens (tertiary/aromatic N) is 1. The van der Waals surface area contributed by atoms with E-state index in [-0.39, 0.29) is 11.9 Å². The van der Waals surface area contributed by atoms with Gasteiger partial charge in [-0.25, -0.2) is 0 Å². The van der Waals surface area contributed by atoms with Gasteiger partial charge < -0.3 is 10.6 Å². The quantitative estimate of drug-likeness (QED) is 0.772. The second-order valence-electron chi connectivity index (χ2n) is 4.57. The molecule has 2 N–H and O–H groups in total.